The summed E-state index contributed by atoms with van der Waals surface area (Å²) in [4.78, 5) is 19.6. The summed E-state index contributed by atoms with van der Waals surface area (Å²) in [6, 6.07) is 16.5. The zero-order valence-electron chi connectivity index (χ0n) is 9.92. The molecule has 6 nitrogen and oxygen atoms in total. The summed E-state index contributed by atoms with van der Waals surface area (Å²) < 4.78 is 0. The van der Waals surface area contributed by atoms with Gasteiger partial charge in [-0.2, -0.15) is 5.06 Å². The van der Waals surface area contributed by atoms with Crippen molar-refractivity contribution in [1.82, 2.24) is 0 Å². The molecule has 0 heterocycles. The Morgan fingerprint density at radius 3 is 1.84 bits per heavy atom. The van der Waals surface area contributed by atoms with E-state index in [0.717, 1.165) is 0 Å². The van der Waals surface area contributed by atoms with Crippen LogP contribution in [0.3, 0.4) is 0 Å². The number of nitrogens with zero attached hydrogens (tertiary/aromatic N) is 2. The van der Waals surface area contributed by atoms with Crippen LogP contribution in [-0.4, -0.2) is 16.5 Å². The standard InChI is InChI=1S/C7H7NO2.C6H5NO2/c9-6-8(10)7-4-2-1-3-5-7;8-7(9)6-4-2-1-3-5-6/h1-6,10H;1-5H. The summed E-state index contributed by atoms with van der Waals surface area (Å²) in [6.45, 7) is 0. The van der Waals surface area contributed by atoms with Gasteiger partial charge in [0.05, 0.1) is 10.6 Å². The van der Waals surface area contributed by atoms with Crippen molar-refractivity contribution in [3.63, 3.8) is 0 Å². The minimum Gasteiger partial charge on any atom is -0.281 e. The van der Waals surface area contributed by atoms with Gasteiger partial charge in [0.15, 0.2) is 0 Å². The van der Waals surface area contributed by atoms with E-state index in [1.807, 2.05) is 6.07 Å². The SMILES string of the molecule is O=CN(O)c1ccccc1.O=[N+]([O-])c1ccccc1. The second kappa shape index (κ2) is 7.57. The van der Waals surface area contributed by atoms with Gasteiger partial charge >= 0.3 is 0 Å². The van der Waals surface area contributed by atoms with E-state index in [1.54, 1.807) is 42.5 Å². The molecule has 6 heteroatoms. The minimum absolute atomic E-state index is 0.137. The Balaban J connectivity index is 0.000000191. The molecule has 2 aromatic rings. The molecule has 98 valence electrons. The summed E-state index contributed by atoms with van der Waals surface area (Å²) >= 11 is 0. The van der Waals surface area contributed by atoms with Gasteiger partial charge < -0.3 is 0 Å². The molecular weight excluding hydrogens is 248 g/mol. The molecule has 2 rings (SSSR count). The first-order valence-electron chi connectivity index (χ1n) is 5.33. The van der Waals surface area contributed by atoms with Crippen molar-refractivity contribution >= 4 is 17.8 Å². The molecule has 0 aromatic heterocycles. The van der Waals surface area contributed by atoms with Crippen molar-refractivity contribution in [2.75, 3.05) is 5.06 Å². The second-order valence-corrected chi connectivity index (χ2v) is 3.38. The van der Waals surface area contributed by atoms with Crippen LogP contribution in [-0.2, 0) is 4.79 Å². The van der Waals surface area contributed by atoms with Crippen LogP contribution in [0, 0.1) is 10.1 Å². The van der Waals surface area contributed by atoms with Gasteiger partial charge in [0.1, 0.15) is 0 Å². The first kappa shape index (κ1) is 14.3. The number of hydrogen-bond acceptors (Lipinski definition) is 4. The van der Waals surface area contributed by atoms with E-state index < -0.39 is 4.92 Å². The van der Waals surface area contributed by atoms with Gasteiger partial charge in [0.2, 0.25) is 6.41 Å². The van der Waals surface area contributed by atoms with Gasteiger partial charge in [-0.1, -0.05) is 36.4 Å². The maximum atomic E-state index is 10.0. The zero-order chi connectivity index (χ0) is 14.1. The maximum Gasteiger partial charge on any atom is 0.269 e. The van der Waals surface area contributed by atoms with Crippen LogP contribution < -0.4 is 5.06 Å². The molecule has 1 amide bonds. The highest BCUT2D eigenvalue weighted by Gasteiger charge is 1.98. The highest BCUT2D eigenvalue weighted by atomic mass is 16.6. The monoisotopic (exact) mass is 260 g/mol. The average Bonchev–Trinajstić information content (AvgIpc) is 2.49. The number of non-ortho nitro benzene ring substituents is 1. The second-order valence-electron chi connectivity index (χ2n) is 3.38. The van der Waals surface area contributed by atoms with Crippen LogP contribution in [0.1, 0.15) is 0 Å². The third kappa shape index (κ3) is 4.97. The van der Waals surface area contributed by atoms with Crippen molar-refractivity contribution < 1.29 is 14.9 Å². The van der Waals surface area contributed by atoms with E-state index in [-0.39, 0.29) is 5.69 Å². The van der Waals surface area contributed by atoms with Crippen LogP contribution in [0.4, 0.5) is 11.4 Å². The number of hydroxylamine groups is 1. The molecule has 1 N–H and O–H groups in total. The topological polar surface area (TPSA) is 83.7 Å². The Morgan fingerprint density at radius 1 is 1.00 bits per heavy atom. The predicted molar refractivity (Wildman–Crippen MR) is 69.9 cm³/mol. The molecule has 0 spiro atoms. The fourth-order valence-corrected chi connectivity index (χ4v) is 1.19. The molecule has 0 unspecified atom stereocenters. The van der Waals surface area contributed by atoms with Crippen molar-refractivity contribution in [1.29, 1.82) is 0 Å². The molecule has 0 saturated carbocycles. The van der Waals surface area contributed by atoms with Gasteiger partial charge in [0, 0.05) is 12.1 Å². The van der Waals surface area contributed by atoms with Gasteiger partial charge in [-0.25, -0.2) is 0 Å². The van der Waals surface area contributed by atoms with Crippen molar-refractivity contribution in [3.05, 3.63) is 70.8 Å². The Morgan fingerprint density at radius 2 is 1.47 bits per heavy atom. The molecular formula is C13H12N2O4. The summed E-state index contributed by atoms with van der Waals surface area (Å²) in [6.07, 6.45) is 0.343. The lowest BCUT2D eigenvalue weighted by atomic mass is 10.3. The number of carbonyl (C=O) groups is 1. The fraction of sp³-hybridized carbons (Fsp3) is 0. The molecule has 2 aromatic carbocycles. The molecule has 0 aliphatic rings. The van der Waals surface area contributed by atoms with Crippen molar-refractivity contribution in [3.8, 4) is 0 Å². The zero-order valence-corrected chi connectivity index (χ0v) is 9.92. The number of para-hydroxylation sites is 2. The number of amides is 1. The first-order chi connectivity index (χ1) is 9.15. The van der Waals surface area contributed by atoms with Crippen molar-refractivity contribution in [2.24, 2.45) is 0 Å². The molecule has 0 atom stereocenters. The lowest BCUT2D eigenvalue weighted by Crippen LogP contribution is -2.14. The molecule has 19 heavy (non-hydrogen) atoms. The normalized spacial score (nSPS) is 8.89. The van der Waals surface area contributed by atoms with E-state index in [0.29, 0.717) is 17.2 Å². The number of nitro groups is 1. The Hall–Kier alpha value is -2.73. The number of carbonyl (C=O) groups excluding carboxylic acids is 1. The third-order valence-electron chi connectivity index (χ3n) is 2.09. The van der Waals surface area contributed by atoms with E-state index >= 15 is 0 Å². The van der Waals surface area contributed by atoms with E-state index in [9.17, 15) is 14.9 Å². The van der Waals surface area contributed by atoms with Crippen LogP contribution in [0.15, 0.2) is 60.7 Å². The molecule has 0 fully saturated rings. The van der Waals surface area contributed by atoms with E-state index in [1.165, 1.54) is 12.1 Å². The number of anilines is 1. The first-order valence-corrected chi connectivity index (χ1v) is 5.33. The highest BCUT2D eigenvalue weighted by Crippen LogP contribution is 2.07. The van der Waals surface area contributed by atoms with Crippen LogP contribution in [0.25, 0.3) is 0 Å². The van der Waals surface area contributed by atoms with Crippen LogP contribution >= 0.6 is 0 Å². The van der Waals surface area contributed by atoms with Gasteiger partial charge in [0.25, 0.3) is 5.69 Å². The average molecular weight is 260 g/mol. The summed E-state index contributed by atoms with van der Waals surface area (Å²) in [5.41, 5.74) is 0.606. The predicted octanol–water partition coefficient (Wildman–Crippen LogP) is 2.63. The molecule has 0 saturated heterocycles. The van der Waals surface area contributed by atoms with E-state index in [2.05, 4.69) is 0 Å². The van der Waals surface area contributed by atoms with E-state index in [4.69, 9.17) is 5.21 Å². The molecule has 0 aliphatic carbocycles. The highest BCUT2D eigenvalue weighted by molar-refractivity contribution is 5.71. The summed E-state index contributed by atoms with van der Waals surface area (Å²) in [5, 5.41) is 19.3. The Bertz CT molecular complexity index is 517. The lowest BCUT2D eigenvalue weighted by Gasteiger charge is -2.05. The van der Waals surface area contributed by atoms with Gasteiger partial charge in [-0.15, -0.1) is 0 Å². The Labute approximate surface area is 109 Å². The van der Waals surface area contributed by atoms with Crippen LogP contribution in [0.5, 0.6) is 0 Å². The number of nitro benzene ring substituents is 1. The fourth-order valence-electron chi connectivity index (χ4n) is 1.19. The smallest absolute Gasteiger partial charge is 0.269 e. The number of benzene rings is 2. The molecule has 0 radical (unpaired) electrons. The van der Waals surface area contributed by atoms with Gasteiger partial charge in [-0.3, -0.25) is 20.1 Å². The maximum absolute atomic E-state index is 10.0. The Kier molecular flexibility index (Phi) is 5.71. The molecule has 0 aliphatic heterocycles. The van der Waals surface area contributed by atoms with Crippen LogP contribution in [0.2, 0.25) is 0 Å². The number of rotatable bonds is 3. The lowest BCUT2D eigenvalue weighted by molar-refractivity contribution is -0.384. The minimum atomic E-state index is -0.417. The summed E-state index contributed by atoms with van der Waals surface area (Å²) in [5.74, 6) is 0. The largest absolute Gasteiger partial charge is 0.281 e. The summed E-state index contributed by atoms with van der Waals surface area (Å²) in [7, 11) is 0. The quantitative estimate of drug-likeness (QED) is 0.398. The number of hydrogen-bond donors (Lipinski definition) is 1. The van der Waals surface area contributed by atoms with Crippen molar-refractivity contribution in [2.45, 2.75) is 0 Å². The third-order valence-corrected chi connectivity index (χ3v) is 2.09. The molecule has 0 bridgehead atoms. The van der Waals surface area contributed by atoms with Gasteiger partial charge in [-0.05, 0) is 12.1 Å².